The monoisotopic (exact) mass is 410 g/mol. The van der Waals surface area contributed by atoms with Gasteiger partial charge in [0.1, 0.15) is 0 Å². The lowest BCUT2D eigenvalue weighted by Gasteiger charge is -2.13. The molecule has 0 unspecified atom stereocenters. The van der Waals surface area contributed by atoms with Gasteiger partial charge in [-0.25, -0.2) is 4.98 Å². The summed E-state index contributed by atoms with van der Waals surface area (Å²) in [7, 11) is 0. The van der Waals surface area contributed by atoms with Crippen molar-refractivity contribution in [1.82, 2.24) is 20.4 Å². The minimum Gasteiger partial charge on any atom is -0.287 e. The fourth-order valence-corrected chi connectivity index (χ4v) is 3.55. The third-order valence-corrected chi connectivity index (χ3v) is 5.22. The minimum absolute atomic E-state index is 0.0198. The Hall–Kier alpha value is -3.13. The van der Waals surface area contributed by atoms with Gasteiger partial charge >= 0.3 is 0 Å². The highest BCUT2D eigenvalue weighted by Crippen LogP contribution is 2.18. The van der Waals surface area contributed by atoms with Gasteiger partial charge in [-0.05, 0) is 30.7 Å². The zero-order valence-electron chi connectivity index (χ0n) is 16.1. The van der Waals surface area contributed by atoms with Gasteiger partial charge in [-0.1, -0.05) is 55.4 Å². The summed E-state index contributed by atoms with van der Waals surface area (Å²) in [5.41, 5.74) is 5.72. The molecule has 0 aliphatic rings. The average molecular weight is 410 g/mol. The highest BCUT2D eigenvalue weighted by atomic mass is 32.2. The van der Waals surface area contributed by atoms with Crippen LogP contribution in [0.15, 0.2) is 64.5 Å². The molecule has 3 rings (SSSR count). The predicted octanol–water partition coefficient (Wildman–Crippen LogP) is 2.75. The van der Waals surface area contributed by atoms with Gasteiger partial charge in [-0.2, -0.15) is 0 Å². The number of carbonyl (C=O) groups excluding carboxylic acids is 2. The molecule has 0 saturated heterocycles. The number of hydrazine groups is 1. The third-order valence-electron chi connectivity index (χ3n) is 4.25. The van der Waals surface area contributed by atoms with Gasteiger partial charge in [0, 0.05) is 12.1 Å². The average Bonchev–Trinajstić information content (AvgIpc) is 2.76. The van der Waals surface area contributed by atoms with Gasteiger partial charge in [0.05, 0.1) is 16.7 Å². The van der Waals surface area contributed by atoms with Crippen molar-refractivity contribution in [3.8, 4) is 0 Å². The number of hydrogen-bond donors (Lipinski definition) is 2. The Morgan fingerprint density at radius 1 is 1.03 bits per heavy atom. The summed E-state index contributed by atoms with van der Waals surface area (Å²) in [5.74, 6) is -0.761. The van der Waals surface area contributed by atoms with E-state index < -0.39 is 5.91 Å². The van der Waals surface area contributed by atoms with Crippen LogP contribution in [0.3, 0.4) is 0 Å². The first kappa shape index (κ1) is 20.6. The molecule has 0 radical (unpaired) electrons. The maximum atomic E-state index is 12.8. The number of thioether (sulfide) groups is 1. The van der Waals surface area contributed by atoms with Crippen LogP contribution in [-0.4, -0.2) is 27.1 Å². The van der Waals surface area contributed by atoms with Crippen molar-refractivity contribution >= 4 is 34.5 Å². The summed E-state index contributed by atoms with van der Waals surface area (Å²) in [6, 6.07) is 15.8. The molecule has 1 heterocycles. The van der Waals surface area contributed by atoms with Crippen LogP contribution in [0.2, 0.25) is 0 Å². The molecule has 2 aromatic carbocycles. The number of nitrogens with zero attached hydrogens (tertiary/aromatic N) is 2. The topological polar surface area (TPSA) is 93.1 Å². The van der Waals surface area contributed by atoms with Crippen molar-refractivity contribution in [3.05, 3.63) is 70.5 Å². The fraction of sp³-hybridized carbons (Fsp3) is 0.238. The largest absolute Gasteiger partial charge is 0.287 e. The van der Waals surface area contributed by atoms with Crippen LogP contribution < -0.4 is 16.4 Å². The Kier molecular flexibility index (Phi) is 7.02. The van der Waals surface area contributed by atoms with Crippen molar-refractivity contribution in [2.75, 3.05) is 5.75 Å². The Labute approximate surface area is 172 Å². The zero-order valence-corrected chi connectivity index (χ0v) is 16.9. The van der Waals surface area contributed by atoms with Crippen LogP contribution in [0.1, 0.15) is 30.1 Å². The number of benzene rings is 2. The van der Waals surface area contributed by atoms with Crippen LogP contribution in [-0.2, 0) is 11.3 Å². The smallest absolute Gasteiger partial charge is 0.269 e. The maximum Gasteiger partial charge on any atom is 0.269 e. The SMILES string of the molecule is CCCCn1c(SCC(=O)NNC(=O)c2ccccc2)nc2ccccc2c1=O. The van der Waals surface area contributed by atoms with Crippen LogP contribution >= 0.6 is 11.8 Å². The minimum atomic E-state index is -0.396. The Bertz CT molecular complexity index is 1070. The summed E-state index contributed by atoms with van der Waals surface area (Å²) >= 11 is 1.17. The molecule has 0 saturated carbocycles. The second-order valence-corrected chi connectivity index (χ2v) is 7.32. The van der Waals surface area contributed by atoms with E-state index in [4.69, 9.17) is 0 Å². The number of carbonyl (C=O) groups is 2. The molecular weight excluding hydrogens is 388 g/mol. The molecule has 0 bridgehead atoms. The van der Waals surface area contributed by atoms with Crippen LogP contribution in [0.4, 0.5) is 0 Å². The molecule has 2 amide bonds. The molecular formula is C21H22N4O3S. The molecule has 0 aliphatic heterocycles. The number of unbranched alkanes of at least 4 members (excludes halogenated alkanes) is 1. The number of para-hydroxylation sites is 1. The second-order valence-electron chi connectivity index (χ2n) is 6.38. The van der Waals surface area contributed by atoms with Crippen molar-refractivity contribution < 1.29 is 9.59 Å². The van der Waals surface area contributed by atoms with Gasteiger partial charge in [-0.15, -0.1) is 0 Å². The van der Waals surface area contributed by atoms with E-state index in [2.05, 4.69) is 22.8 Å². The summed E-state index contributed by atoms with van der Waals surface area (Å²) in [4.78, 5) is 41.5. The van der Waals surface area contributed by atoms with E-state index in [0.717, 1.165) is 12.8 Å². The molecule has 0 atom stereocenters. The van der Waals surface area contributed by atoms with Gasteiger partial charge in [-0.3, -0.25) is 29.8 Å². The van der Waals surface area contributed by atoms with Crippen LogP contribution in [0, 0.1) is 0 Å². The van der Waals surface area contributed by atoms with Gasteiger partial charge in [0.2, 0.25) is 5.91 Å². The second kappa shape index (κ2) is 9.88. The number of nitrogens with one attached hydrogen (secondary N) is 2. The molecule has 0 spiro atoms. The Morgan fingerprint density at radius 3 is 2.52 bits per heavy atom. The third kappa shape index (κ3) is 5.23. The number of fused-ring (bicyclic) bond motifs is 1. The van der Waals surface area contributed by atoms with Crippen molar-refractivity contribution in [2.45, 2.75) is 31.5 Å². The van der Waals surface area contributed by atoms with Crippen LogP contribution in [0.5, 0.6) is 0 Å². The Balaban J connectivity index is 1.68. The molecule has 3 aromatic rings. The van der Waals surface area contributed by atoms with E-state index in [1.54, 1.807) is 47.0 Å². The maximum absolute atomic E-state index is 12.8. The first-order valence-electron chi connectivity index (χ1n) is 9.36. The lowest BCUT2D eigenvalue weighted by atomic mass is 10.2. The van der Waals surface area contributed by atoms with Crippen molar-refractivity contribution in [1.29, 1.82) is 0 Å². The predicted molar refractivity (Wildman–Crippen MR) is 114 cm³/mol. The van der Waals surface area contributed by atoms with E-state index in [1.807, 2.05) is 12.1 Å². The van der Waals surface area contributed by atoms with E-state index in [-0.39, 0.29) is 17.2 Å². The van der Waals surface area contributed by atoms with E-state index in [0.29, 0.717) is 28.2 Å². The van der Waals surface area contributed by atoms with Gasteiger partial charge in [0.25, 0.3) is 11.5 Å². The van der Waals surface area contributed by atoms with E-state index in [1.165, 1.54) is 11.8 Å². The molecule has 0 aliphatic carbocycles. The number of aromatic nitrogens is 2. The van der Waals surface area contributed by atoms with E-state index in [9.17, 15) is 14.4 Å². The first-order valence-corrected chi connectivity index (χ1v) is 10.4. The van der Waals surface area contributed by atoms with Crippen LogP contribution in [0.25, 0.3) is 10.9 Å². The number of hydrogen-bond acceptors (Lipinski definition) is 5. The lowest BCUT2D eigenvalue weighted by molar-refractivity contribution is -0.119. The van der Waals surface area contributed by atoms with E-state index >= 15 is 0 Å². The number of amides is 2. The molecule has 29 heavy (non-hydrogen) atoms. The van der Waals surface area contributed by atoms with Gasteiger partial charge in [0.15, 0.2) is 5.16 Å². The molecule has 150 valence electrons. The summed E-state index contributed by atoms with van der Waals surface area (Å²) in [6.07, 6.45) is 1.78. The molecule has 1 aromatic heterocycles. The van der Waals surface area contributed by atoms with Crippen molar-refractivity contribution in [3.63, 3.8) is 0 Å². The highest BCUT2D eigenvalue weighted by molar-refractivity contribution is 7.99. The molecule has 0 fully saturated rings. The summed E-state index contributed by atoms with van der Waals surface area (Å²) in [5, 5.41) is 1.05. The fourth-order valence-electron chi connectivity index (χ4n) is 2.73. The van der Waals surface area contributed by atoms with Crippen molar-refractivity contribution in [2.24, 2.45) is 0 Å². The number of rotatable bonds is 7. The normalized spacial score (nSPS) is 10.7. The quantitative estimate of drug-likeness (QED) is 0.355. The van der Waals surface area contributed by atoms with Gasteiger partial charge < -0.3 is 0 Å². The standard InChI is InChI=1S/C21H22N4O3S/c1-2-3-13-25-20(28)16-11-7-8-12-17(16)22-21(25)29-14-18(26)23-24-19(27)15-9-5-4-6-10-15/h4-12H,2-3,13-14H2,1H3,(H,23,26)(H,24,27). The zero-order chi connectivity index (χ0) is 20.6. The molecule has 7 nitrogen and oxygen atoms in total. The molecule has 8 heteroatoms. The first-order chi connectivity index (χ1) is 14.1. The summed E-state index contributed by atoms with van der Waals surface area (Å²) < 4.78 is 1.62. The lowest BCUT2D eigenvalue weighted by Crippen LogP contribution is -2.42. The summed E-state index contributed by atoms with van der Waals surface area (Å²) in [6.45, 7) is 2.59. The Morgan fingerprint density at radius 2 is 1.76 bits per heavy atom. The molecule has 2 N–H and O–H groups in total. The highest BCUT2D eigenvalue weighted by Gasteiger charge is 2.13.